The molecule has 0 saturated heterocycles. The molecule has 0 aromatic rings. The van der Waals surface area contributed by atoms with Gasteiger partial charge in [-0.25, -0.2) is 0 Å². The molecule has 0 aromatic carbocycles. The lowest BCUT2D eigenvalue weighted by Gasteiger charge is -2.61. The average Bonchev–Trinajstić information content (AvgIpc) is 3.06. The van der Waals surface area contributed by atoms with Crippen LogP contribution in [0.2, 0.25) is 0 Å². The molecule has 5 heteroatoms. The van der Waals surface area contributed by atoms with E-state index >= 15 is 0 Å². The highest BCUT2D eigenvalue weighted by Crippen LogP contribution is 2.68. The van der Waals surface area contributed by atoms with Crippen LogP contribution in [0.1, 0.15) is 97.8 Å². The quantitative estimate of drug-likeness (QED) is 0.353. The van der Waals surface area contributed by atoms with Gasteiger partial charge in [-0.2, -0.15) is 8.42 Å². The number of hydrogen-bond acceptors (Lipinski definition) is 3. The fourth-order valence-corrected chi connectivity index (χ4v) is 9.75. The maximum atomic E-state index is 10.8. The zero-order chi connectivity index (χ0) is 22.3. The molecule has 180 valence electrons. The summed E-state index contributed by atoms with van der Waals surface area (Å²) >= 11 is 0. The Labute approximate surface area is 191 Å². The third kappa shape index (κ3) is 4.75. The predicted octanol–water partition coefficient (Wildman–Crippen LogP) is 5.93. The van der Waals surface area contributed by atoms with Crippen molar-refractivity contribution in [3.8, 4) is 0 Å². The van der Waals surface area contributed by atoms with E-state index in [1.165, 1.54) is 70.6 Å². The van der Waals surface area contributed by atoms with E-state index in [2.05, 4.69) is 26.1 Å². The molecule has 0 heterocycles. The maximum Gasteiger partial charge on any atom is 0.266 e. The van der Waals surface area contributed by atoms with Gasteiger partial charge in [0, 0.05) is 6.54 Å². The van der Waals surface area contributed by atoms with Crippen molar-refractivity contribution < 1.29 is 13.0 Å². The lowest BCUT2D eigenvalue weighted by atomic mass is 9.44. The second kappa shape index (κ2) is 9.25. The van der Waals surface area contributed by atoms with Crippen molar-refractivity contribution in [2.75, 3.05) is 18.8 Å². The van der Waals surface area contributed by atoms with Crippen molar-refractivity contribution in [2.24, 2.45) is 46.3 Å². The molecule has 4 aliphatic rings. The molecule has 0 aliphatic heterocycles. The lowest BCUT2D eigenvalue weighted by Crippen LogP contribution is -2.53. The zero-order valence-corrected chi connectivity index (χ0v) is 21.1. The van der Waals surface area contributed by atoms with Crippen LogP contribution in [0.5, 0.6) is 0 Å². The van der Waals surface area contributed by atoms with Gasteiger partial charge < -0.3 is 5.32 Å². The molecule has 4 rings (SSSR count). The van der Waals surface area contributed by atoms with Crippen LogP contribution in [0.4, 0.5) is 0 Å². The van der Waals surface area contributed by atoms with Gasteiger partial charge in [0.15, 0.2) is 0 Å². The molecule has 0 radical (unpaired) electrons. The smallest absolute Gasteiger partial charge is 0.266 e. The normalized spacial score (nSPS) is 43.7. The largest absolute Gasteiger partial charge is 0.316 e. The Morgan fingerprint density at radius 2 is 1.71 bits per heavy atom. The highest BCUT2D eigenvalue weighted by atomic mass is 32.2. The first-order valence-corrected chi connectivity index (χ1v) is 14.9. The first-order valence-electron chi connectivity index (χ1n) is 13.3. The van der Waals surface area contributed by atoms with E-state index in [-0.39, 0.29) is 5.75 Å². The SMILES string of the molecule is CC(CCCNCCS(=O)(=O)O)C1CCC2C3CCC4CCCCC4(C)C3CCC12C. The molecule has 0 amide bonds. The second-order valence-electron chi connectivity index (χ2n) is 12.3. The fourth-order valence-electron chi connectivity index (χ4n) is 9.35. The Kier molecular flexibility index (Phi) is 7.17. The van der Waals surface area contributed by atoms with Gasteiger partial charge in [0.1, 0.15) is 0 Å². The summed E-state index contributed by atoms with van der Waals surface area (Å²) in [6.45, 7) is 9.00. The second-order valence-corrected chi connectivity index (χ2v) is 13.9. The molecule has 8 unspecified atom stereocenters. The zero-order valence-electron chi connectivity index (χ0n) is 20.2. The van der Waals surface area contributed by atoms with E-state index in [4.69, 9.17) is 4.55 Å². The van der Waals surface area contributed by atoms with E-state index in [0.717, 1.165) is 48.5 Å². The van der Waals surface area contributed by atoms with E-state index < -0.39 is 10.1 Å². The Balaban J connectivity index is 1.32. The van der Waals surface area contributed by atoms with Crippen molar-refractivity contribution in [3.63, 3.8) is 0 Å². The summed E-state index contributed by atoms with van der Waals surface area (Å²) in [5, 5.41) is 3.18. The molecule has 8 atom stereocenters. The predicted molar refractivity (Wildman–Crippen MR) is 128 cm³/mol. The monoisotopic (exact) mass is 453 g/mol. The van der Waals surface area contributed by atoms with Gasteiger partial charge in [-0.3, -0.25) is 4.55 Å². The first kappa shape index (κ1) is 24.0. The first-order chi connectivity index (χ1) is 14.7. The Bertz CT molecular complexity index is 724. The number of hydrogen-bond donors (Lipinski definition) is 2. The molecule has 4 nitrogen and oxygen atoms in total. The topological polar surface area (TPSA) is 66.4 Å². The van der Waals surface area contributed by atoms with Gasteiger partial charge in [0.2, 0.25) is 0 Å². The van der Waals surface area contributed by atoms with Crippen molar-refractivity contribution in [1.82, 2.24) is 5.32 Å². The van der Waals surface area contributed by atoms with Crippen molar-refractivity contribution >= 4 is 10.1 Å². The third-order valence-electron chi connectivity index (χ3n) is 10.9. The molecule has 0 aromatic heterocycles. The van der Waals surface area contributed by atoms with E-state index in [1.807, 2.05) is 0 Å². The van der Waals surface area contributed by atoms with E-state index in [9.17, 15) is 8.42 Å². The number of rotatable bonds is 8. The number of fused-ring (bicyclic) bond motifs is 5. The van der Waals surface area contributed by atoms with Gasteiger partial charge in [-0.15, -0.1) is 0 Å². The fraction of sp³-hybridized carbons (Fsp3) is 1.00. The van der Waals surface area contributed by atoms with Crippen molar-refractivity contribution in [3.05, 3.63) is 0 Å². The van der Waals surface area contributed by atoms with Crippen LogP contribution in [0.15, 0.2) is 0 Å². The molecule has 4 fully saturated rings. The minimum Gasteiger partial charge on any atom is -0.316 e. The standard InChI is InChI=1S/C26H47NO3S/c1-19(7-6-16-27-17-18-31(28,29)30)22-11-12-23-21-10-9-20-8-4-5-14-25(20,2)24(21)13-15-26(22,23)3/h19-24,27H,4-18H2,1-3H3,(H,28,29,30). The van der Waals surface area contributed by atoms with Gasteiger partial charge in [0.25, 0.3) is 10.1 Å². The molecule has 31 heavy (non-hydrogen) atoms. The van der Waals surface area contributed by atoms with Crippen LogP contribution < -0.4 is 5.32 Å². The van der Waals surface area contributed by atoms with Gasteiger partial charge >= 0.3 is 0 Å². The summed E-state index contributed by atoms with van der Waals surface area (Å²) in [4.78, 5) is 0. The highest BCUT2D eigenvalue weighted by molar-refractivity contribution is 7.85. The van der Waals surface area contributed by atoms with Crippen LogP contribution in [-0.4, -0.2) is 31.8 Å². The summed E-state index contributed by atoms with van der Waals surface area (Å²) in [6, 6.07) is 0. The Hall–Kier alpha value is -0.130. The third-order valence-corrected chi connectivity index (χ3v) is 11.6. The minimum atomic E-state index is -3.85. The van der Waals surface area contributed by atoms with E-state index in [0.29, 0.717) is 17.4 Å². The Morgan fingerprint density at radius 3 is 2.48 bits per heavy atom. The molecule has 4 saturated carbocycles. The molecule has 2 N–H and O–H groups in total. The lowest BCUT2D eigenvalue weighted by molar-refractivity contribution is -0.114. The molecular formula is C26H47NO3S. The van der Waals surface area contributed by atoms with Crippen LogP contribution in [0.3, 0.4) is 0 Å². The van der Waals surface area contributed by atoms with Crippen molar-refractivity contribution in [1.29, 1.82) is 0 Å². The number of nitrogens with one attached hydrogen (secondary N) is 1. The summed E-state index contributed by atoms with van der Waals surface area (Å²) in [5.74, 6) is 5.35. The van der Waals surface area contributed by atoms with Gasteiger partial charge in [-0.05, 0) is 117 Å². The van der Waals surface area contributed by atoms with Crippen LogP contribution in [-0.2, 0) is 10.1 Å². The molecule has 0 spiro atoms. The maximum absolute atomic E-state index is 10.8. The van der Waals surface area contributed by atoms with Gasteiger partial charge in [0.05, 0.1) is 5.75 Å². The van der Waals surface area contributed by atoms with E-state index in [1.54, 1.807) is 0 Å². The van der Waals surface area contributed by atoms with Crippen LogP contribution in [0.25, 0.3) is 0 Å². The minimum absolute atomic E-state index is 0.187. The van der Waals surface area contributed by atoms with Crippen LogP contribution in [0, 0.1) is 46.3 Å². The molecule has 4 aliphatic carbocycles. The summed E-state index contributed by atoms with van der Waals surface area (Å²) in [7, 11) is -3.85. The molecular weight excluding hydrogens is 406 g/mol. The highest BCUT2D eigenvalue weighted by Gasteiger charge is 2.59. The summed E-state index contributed by atoms with van der Waals surface area (Å²) < 4.78 is 30.5. The average molecular weight is 454 g/mol. The molecule has 0 bridgehead atoms. The van der Waals surface area contributed by atoms with Gasteiger partial charge in [-0.1, -0.05) is 33.6 Å². The van der Waals surface area contributed by atoms with Crippen LogP contribution >= 0.6 is 0 Å². The summed E-state index contributed by atoms with van der Waals surface area (Å²) in [5.41, 5.74) is 1.18. The van der Waals surface area contributed by atoms with Crippen molar-refractivity contribution in [2.45, 2.75) is 97.8 Å². The Morgan fingerprint density at radius 1 is 0.935 bits per heavy atom. The summed E-state index contributed by atoms with van der Waals surface area (Å²) in [6.07, 6.45) is 17.1.